The number of thiol groups is 2. The van der Waals surface area contributed by atoms with Crippen molar-refractivity contribution < 1.29 is 0 Å². The molecule has 1 aromatic rings. The lowest BCUT2D eigenvalue weighted by atomic mass is 10.2. The quantitative estimate of drug-likeness (QED) is 0.631. The minimum absolute atomic E-state index is 0.948. The monoisotopic (exact) mass is 226 g/mol. The number of hydrogen-bond acceptors (Lipinski definition) is 4. The molecule has 1 aromatic carbocycles. The van der Waals surface area contributed by atoms with Gasteiger partial charge in [-0.15, -0.1) is 25.3 Å². The number of hydrogen-bond donors (Lipinski definition) is 3. The minimum atomic E-state index is 0.948. The van der Waals surface area contributed by atoms with Crippen LogP contribution in [0.4, 0.5) is 5.69 Å². The van der Waals surface area contributed by atoms with Crippen molar-refractivity contribution in [2.75, 3.05) is 31.1 Å². The van der Waals surface area contributed by atoms with E-state index in [1.165, 1.54) is 5.69 Å². The molecule has 76 valence electrons. The summed E-state index contributed by atoms with van der Waals surface area (Å²) in [4.78, 5) is 4.28. The van der Waals surface area contributed by atoms with E-state index in [1.807, 2.05) is 12.1 Å². The van der Waals surface area contributed by atoms with E-state index in [4.69, 9.17) is 0 Å². The smallest absolute Gasteiger partial charge is 0.0514 e. The van der Waals surface area contributed by atoms with Crippen LogP contribution in [0.25, 0.3) is 0 Å². The fraction of sp³-hybridized carbons (Fsp3) is 0.400. The van der Waals surface area contributed by atoms with E-state index in [0.717, 1.165) is 36.0 Å². The van der Waals surface area contributed by atoms with E-state index in [-0.39, 0.29) is 0 Å². The molecule has 0 aromatic heterocycles. The molecular formula is C10H14N2S2. The summed E-state index contributed by atoms with van der Waals surface area (Å²) in [7, 11) is 0. The summed E-state index contributed by atoms with van der Waals surface area (Å²) in [5.41, 5.74) is 1.20. The zero-order valence-corrected chi connectivity index (χ0v) is 9.69. The normalized spacial score (nSPS) is 17.1. The maximum atomic E-state index is 4.48. The third-order valence-electron chi connectivity index (χ3n) is 2.45. The van der Waals surface area contributed by atoms with Crippen molar-refractivity contribution in [1.82, 2.24) is 5.32 Å². The molecule has 1 saturated heterocycles. The number of piperazine rings is 1. The third kappa shape index (κ3) is 2.02. The highest BCUT2D eigenvalue weighted by molar-refractivity contribution is 7.83. The van der Waals surface area contributed by atoms with Crippen LogP contribution in [-0.2, 0) is 0 Å². The zero-order chi connectivity index (χ0) is 9.97. The van der Waals surface area contributed by atoms with E-state index in [1.54, 1.807) is 0 Å². The van der Waals surface area contributed by atoms with Crippen molar-refractivity contribution in [1.29, 1.82) is 0 Å². The highest BCUT2D eigenvalue weighted by atomic mass is 32.1. The molecule has 0 amide bonds. The number of benzene rings is 1. The van der Waals surface area contributed by atoms with Crippen LogP contribution >= 0.6 is 25.3 Å². The lowest BCUT2D eigenvalue weighted by molar-refractivity contribution is 0.586. The number of anilines is 1. The van der Waals surface area contributed by atoms with E-state index in [0.29, 0.717) is 0 Å². The maximum Gasteiger partial charge on any atom is 0.0514 e. The van der Waals surface area contributed by atoms with Crippen molar-refractivity contribution in [3.05, 3.63) is 18.2 Å². The van der Waals surface area contributed by atoms with E-state index < -0.39 is 0 Å². The van der Waals surface area contributed by atoms with Crippen molar-refractivity contribution in [2.24, 2.45) is 0 Å². The first-order valence-corrected chi connectivity index (χ1v) is 5.65. The van der Waals surface area contributed by atoms with Gasteiger partial charge in [0.25, 0.3) is 0 Å². The van der Waals surface area contributed by atoms with E-state index in [2.05, 4.69) is 41.5 Å². The van der Waals surface area contributed by atoms with Crippen LogP contribution in [0.2, 0.25) is 0 Å². The molecule has 0 aliphatic carbocycles. The fourth-order valence-corrected chi connectivity index (χ4v) is 2.17. The van der Waals surface area contributed by atoms with Crippen molar-refractivity contribution >= 4 is 30.9 Å². The second-order valence-corrected chi connectivity index (χ2v) is 4.31. The van der Waals surface area contributed by atoms with Gasteiger partial charge in [0, 0.05) is 36.0 Å². The van der Waals surface area contributed by atoms with Gasteiger partial charge in [0.05, 0.1) is 5.69 Å². The summed E-state index contributed by atoms with van der Waals surface area (Å²) in [5, 5.41) is 3.33. The largest absolute Gasteiger partial charge is 0.368 e. The standard InChI is InChI=1S/C10H14N2S2/c13-9-3-1-2-8(10(9)14)12-6-4-11-5-7-12/h1-3,11,13-14H,4-7H2. The Morgan fingerprint density at radius 2 is 1.86 bits per heavy atom. The Balaban J connectivity index is 2.26. The Hall–Kier alpha value is -0.320. The maximum absolute atomic E-state index is 4.48. The lowest BCUT2D eigenvalue weighted by Crippen LogP contribution is -2.43. The topological polar surface area (TPSA) is 15.3 Å². The van der Waals surface area contributed by atoms with Crippen molar-refractivity contribution in [3.63, 3.8) is 0 Å². The molecular weight excluding hydrogens is 212 g/mol. The Morgan fingerprint density at radius 3 is 2.57 bits per heavy atom. The Bertz CT molecular complexity index is 322. The molecule has 0 spiro atoms. The van der Waals surface area contributed by atoms with Gasteiger partial charge in [0.1, 0.15) is 0 Å². The predicted octanol–water partition coefficient (Wildman–Crippen LogP) is 1.67. The summed E-state index contributed by atoms with van der Waals surface area (Å²) < 4.78 is 0. The highest BCUT2D eigenvalue weighted by Crippen LogP contribution is 2.29. The summed E-state index contributed by atoms with van der Waals surface area (Å²) >= 11 is 8.85. The fourth-order valence-electron chi connectivity index (χ4n) is 1.68. The number of rotatable bonds is 1. The van der Waals surface area contributed by atoms with Gasteiger partial charge in [-0.25, -0.2) is 0 Å². The summed E-state index contributed by atoms with van der Waals surface area (Å²) in [5.74, 6) is 0. The van der Waals surface area contributed by atoms with E-state index in [9.17, 15) is 0 Å². The van der Waals surface area contributed by atoms with Gasteiger partial charge < -0.3 is 10.2 Å². The van der Waals surface area contributed by atoms with Gasteiger partial charge in [0.15, 0.2) is 0 Å². The molecule has 0 unspecified atom stereocenters. The molecule has 2 nitrogen and oxygen atoms in total. The van der Waals surface area contributed by atoms with Crippen LogP contribution in [0, 0.1) is 0 Å². The molecule has 0 bridgehead atoms. The summed E-state index contributed by atoms with van der Waals surface area (Å²) in [6, 6.07) is 6.10. The summed E-state index contributed by atoms with van der Waals surface area (Å²) in [6.07, 6.45) is 0. The van der Waals surface area contributed by atoms with Crippen LogP contribution in [-0.4, -0.2) is 26.2 Å². The first-order valence-electron chi connectivity index (χ1n) is 4.75. The van der Waals surface area contributed by atoms with Gasteiger partial charge in [-0.1, -0.05) is 6.07 Å². The predicted molar refractivity (Wildman–Crippen MR) is 66.0 cm³/mol. The lowest BCUT2D eigenvalue weighted by Gasteiger charge is -2.30. The Labute approximate surface area is 95.5 Å². The highest BCUT2D eigenvalue weighted by Gasteiger charge is 2.13. The van der Waals surface area contributed by atoms with Crippen LogP contribution < -0.4 is 10.2 Å². The van der Waals surface area contributed by atoms with Gasteiger partial charge in [-0.2, -0.15) is 0 Å². The molecule has 1 N–H and O–H groups in total. The molecule has 0 saturated carbocycles. The van der Waals surface area contributed by atoms with Crippen LogP contribution in [0.5, 0.6) is 0 Å². The average Bonchev–Trinajstić information content (AvgIpc) is 2.23. The summed E-state index contributed by atoms with van der Waals surface area (Å²) in [6.45, 7) is 4.18. The Morgan fingerprint density at radius 1 is 1.14 bits per heavy atom. The number of nitrogens with zero attached hydrogens (tertiary/aromatic N) is 1. The number of nitrogens with one attached hydrogen (secondary N) is 1. The second-order valence-electron chi connectivity index (χ2n) is 3.38. The molecule has 2 rings (SSSR count). The third-order valence-corrected chi connectivity index (χ3v) is 3.47. The van der Waals surface area contributed by atoms with Crippen LogP contribution in [0.1, 0.15) is 0 Å². The van der Waals surface area contributed by atoms with Gasteiger partial charge in [-0.05, 0) is 12.1 Å². The minimum Gasteiger partial charge on any atom is -0.368 e. The van der Waals surface area contributed by atoms with E-state index >= 15 is 0 Å². The zero-order valence-electron chi connectivity index (χ0n) is 7.90. The molecule has 1 aliphatic rings. The molecule has 1 fully saturated rings. The first-order chi connectivity index (χ1) is 6.79. The van der Waals surface area contributed by atoms with Gasteiger partial charge in [0.2, 0.25) is 0 Å². The van der Waals surface area contributed by atoms with Crippen LogP contribution in [0.15, 0.2) is 28.0 Å². The second kappa shape index (κ2) is 4.47. The molecule has 1 aliphatic heterocycles. The molecule has 0 radical (unpaired) electrons. The molecule has 0 atom stereocenters. The van der Waals surface area contributed by atoms with Crippen molar-refractivity contribution in [3.8, 4) is 0 Å². The SMILES string of the molecule is Sc1cccc(N2CCNCC2)c1S. The van der Waals surface area contributed by atoms with Gasteiger partial charge >= 0.3 is 0 Å². The molecule has 1 heterocycles. The molecule has 4 heteroatoms. The van der Waals surface area contributed by atoms with Crippen LogP contribution in [0.3, 0.4) is 0 Å². The average molecular weight is 226 g/mol. The first kappa shape index (κ1) is 10.2. The van der Waals surface area contributed by atoms with Crippen molar-refractivity contribution in [2.45, 2.75) is 9.79 Å². The van der Waals surface area contributed by atoms with Gasteiger partial charge in [-0.3, -0.25) is 0 Å². The molecule has 14 heavy (non-hydrogen) atoms. The Kier molecular flexibility index (Phi) is 3.26.